The average molecular weight is 300 g/mol. The molecule has 1 saturated heterocycles. The van der Waals surface area contributed by atoms with Crippen LogP contribution < -0.4 is 5.32 Å². The molecule has 110 valence electrons. The molecule has 2 atom stereocenters. The lowest BCUT2D eigenvalue weighted by molar-refractivity contribution is -0.128. The van der Waals surface area contributed by atoms with Gasteiger partial charge in [-0.05, 0) is 24.1 Å². The third-order valence-electron chi connectivity index (χ3n) is 3.92. The van der Waals surface area contributed by atoms with Crippen LogP contribution in [0.25, 0.3) is 10.4 Å². The summed E-state index contributed by atoms with van der Waals surface area (Å²) in [6.07, 6.45) is 1.93. The summed E-state index contributed by atoms with van der Waals surface area (Å²) >= 11 is 1.75. The lowest BCUT2D eigenvalue weighted by Gasteiger charge is -2.17. The number of rotatable bonds is 4. The van der Waals surface area contributed by atoms with E-state index in [0.29, 0.717) is 0 Å². The number of amides is 1. The van der Waals surface area contributed by atoms with Crippen molar-refractivity contribution in [3.8, 4) is 10.4 Å². The smallest absolute Gasteiger partial charge is 0.241 e. The van der Waals surface area contributed by atoms with Gasteiger partial charge in [-0.25, -0.2) is 0 Å². The van der Waals surface area contributed by atoms with Gasteiger partial charge >= 0.3 is 0 Å². The average Bonchev–Trinajstić information content (AvgIpc) is 3.09. The summed E-state index contributed by atoms with van der Waals surface area (Å²) in [4.78, 5) is 16.5. The van der Waals surface area contributed by atoms with Crippen molar-refractivity contribution in [3.05, 3.63) is 47.3 Å². The molecule has 0 spiro atoms. The van der Waals surface area contributed by atoms with Gasteiger partial charge in [-0.1, -0.05) is 43.7 Å². The number of thiophene rings is 1. The maximum Gasteiger partial charge on any atom is 0.241 e. The van der Waals surface area contributed by atoms with E-state index < -0.39 is 0 Å². The summed E-state index contributed by atoms with van der Waals surface area (Å²) in [5.74, 6) is 0.205. The van der Waals surface area contributed by atoms with Gasteiger partial charge in [-0.15, -0.1) is 11.3 Å². The molecule has 3 rings (SSSR count). The van der Waals surface area contributed by atoms with Gasteiger partial charge in [0, 0.05) is 16.8 Å². The first-order valence-corrected chi connectivity index (χ1v) is 8.20. The van der Waals surface area contributed by atoms with Gasteiger partial charge in [-0.3, -0.25) is 10.1 Å². The van der Waals surface area contributed by atoms with Crippen LogP contribution in [0.2, 0.25) is 0 Å². The fourth-order valence-corrected chi connectivity index (χ4v) is 3.89. The van der Waals surface area contributed by atoms with E-state index in [1.54, 1.807) is 11.3 Å². The minimum absolute atomic E-state index is 0.0107. The second-order valence-corrected chi connectivity index (χ2v) is 6.54. The maximum absolute atomic E-state index is 12.2. The highest BCUT2D eigenvalue weighted by Crippen LogP contribution is 2.34. The van der Waals surface area contributed by atoms with Gasteiger partial charge in [-0.2, -0.15) is 0 Å². The molecule has 21 heavy (non-hydrogen) atoms. The molecule has 4 heteroatoms. The Morgan fingerprint density at radius 1 is 1.19 bits per heavy atom. The number of nitrogens with one attached hydrogen (secondary N) is 1. The van der Waals surface area contributed by atoms with Crippen molar-refractivity contribution in [2.24, 2.45) is 0 Å². The fraction of sp³-hybridized carbons (Fsp3) is 0.353. The van der Waals surface area contributed by atoms with Gasteiger partial charge in [0.2, 0.25) is 5.91 Å². The lowest BCUT2D eigenvalue weighted by atomic mass is 10.2. The molecular formula is C17H20N2OS. The van der Waals surface area contributed by atoms with Crippen LogP contribution in [0.3, 0.4) is 0 Å². The number of hydrogen-bond donors (Lipinski definition) is 1. The van der Waals surface area contributed by atoms with Crippen LogP contribution in [0.5, 0.6) is 0 Å². The Hall–Kier alpha value is -1.65. The molecule has 2 aromatic rings. The summed E-state index contributed by atoms with van der Waals surface area (Å²) < 4.78 is 0. The summed E-state index contributed by atoms with van der Waals surface area (Å²) in [6, 6.07) is 14.6. The molecule has 0 radical (unpaired) electrons. The molecular weight excluding hydrogens is 280 g/mol. The largest absolute Gasteiger partial charge is 0.324 e. The molecule has 0 saturated carbocycles. The highest BCUT2D eigenvalue weighted by molar-refractivity contribution is 7.15. The normalized spacial score (nSPS) is 22.0. The zero-order valence-electron chi connectivity index (χ0n) is 12.4. The first-order chi connectivity index (χ1) is 10.2. The lowest BCUT2D eigenvalue weighted by Crippen LogP contribution is -2.28. The Morgan fingerprint density at radius 3 is 2.67 bits per heavy atom. The first-order valence-electron chi connectivity index (χ1n) is 7.38. The van der Waals surface area contributed by atoms with Crippen molar-refractivity contribution >= 4 is 17.2 Å². The molecule has 1 aromatic carbocycles. The van der Waals surface area contributed by atoms with Crippen molar-refractivity contribution in [2.45, 2.75) is 32.0 Å². The third kappa shape index (κ3) is 2.74. The molecule has 1 fully saturated rings. The predicted molar refractivity (Wildman–Crippen MR) is 87.1 cm³/mol. The van der Waals surface area contributed by atoms with Crippen molar-refractivity contribution < 1.29 is 4.79 Å². The second-order valence-electron chi connectivity index (χ2n) is 5.43. The zero-order chi connectivity index (χ0) is 14.8. The first kappa shape index (κ1) is 14.3. The Labute approximate surface area is 129 Å². The fourth-order valence-electron chi connectivity index (χ4n) is 2.77. The number of nitrogens with zero attached hydrogens (tertiary/aromatic N) is 1. The van der Waals surface area contributed by atoms with Crippen LogP contribution in [0.15, 0.2) is 42.5 Å². The molecule has 1 N–H and O–H groups in total. The van der Waals surface area contributed by atoms with E-state index in [1.807, 2.05) is 18.0 Å². The minimum Gasteiger partial charge on any atom is -0.324 e. The van der Waals surface area contributed by atoms with Crippen LogP contribution in [-0.4, -0.2) is 23.9 Å². The number of benzene rings is 1. The van der Waals surface area contributed by atoms with E-state index in [9.17, 15) is 4.79 Å². The zero-order valence-corrected chi connectivity index (χ0v) is 13.2. The molecule has 2 heterocycles. The Bertz CT molecular complexity index is 623. The summed E-state index contributed by atoms with van der Waals surface area (Å²) in [7, 11) is 1.89. The molecule has 0 bridgehead atoms. The van der Waals surface area contributed by atoms with Crippen LogP contribution in [0, 0.1) is 0 Å². The van der Waals surface area contributed by atoms with Crippen molar-refractivity contribution in [2.75, 3.05) is 7.05 Å². The molecule has 1 aliphatic rings. The van der Waals surface area contributed by atoms with E-state index in [1.165, 1.54) is 15.3 Å². The summed E-state index contributed by atoms with van der Waals surface area (Å²) in [5.41, 5.74) is 1.23. The van der Waals surface area contributed by atoms with Gasteiger partial charge in [0.25, 0.3) is 0 Å². The van der Waals surface area contributed by atoms with E-state index in [4.69, 9.17) is 0 Å². The van der Waals surface area contributed by atoms with E-state index >= 15 is 0 Å². The Balaban J connectivity index is 1.82. The van der Waals surface area contributed by atoms with Crippen LogP contribution >= 0.6 is 11.3 Å². The Kier molecular flexibility index (Phi) is 4.08. The van der Waals surface area contributed by atoms with E-state index in [0.717, 1.165) is 12.8 Å². The van der Waals surface area contributed by atoms with Gasteiger partial charge in [0.05, 0.1) is 6.04 Å². The standard InChI is InChI=1S/C17H20N2OS/c1-3-7-13-17(20)19(2)16(18-13)15-11-10-14(21-15)12-8-5-4-6-9-12/h4-6,8-11,13,16,18H,3,7H2,1-2H3. The van der Waals surface area contributed by atoms with Crippen molar-refractivity contribution in [3.63, 3.8) is 0 Å². The topological polar surface area (TPSA) is 32.3 Å². The van der Waals surface area contributed by atoms with Gasteiger partial charge in [0.15, 0.2) is 0 Å². The highest BCUT2D eigenvalue weighted by Gasteiger charge is 2.37. The number of carbonyl (C=O) groups is 1. The van der Waals surface area contributed by atoms with E-state index in [-0.39, 0.29) is 18.1 Å². The number of carbonyl (C=O) groups excluding carboxylic acids is 1. The number of likely N-dealkylation sites (N-methyl/N-ethyl adjacent to an activating group) is 1. The molecule has 0 aliphatic carbocycles. The van der Waals surface area contributed by atoms with Crippen LogP contribution in [-0.2, 0) is 4.79 Å². The van der Waals surface area contributed by atoms with Crippen molar-refractivity contribution in [1.29, 1.82) is 0 Å². The highest BCUT2D eigenvalue weighted by atomic mass is 32.1. The summed E-state index contributed by atoms with van der Waals surface area (Å²) in [6.45, 7) is 2.11. The third-order valence-corrected chi connectivity index (χ3v) is 5.11. The van der Waals surface area contributed by atoms with Gasteiger partial charge < -0.3 is 4.90 Å². The second kappa shape index (κ2) is 6.00. The monoisotopic (exact) mass is 300 g/mol. The predicted octanol–water partition coefficient (Wildman–Crippen LogP) is 3.64. The Morgan fingerprint density at radius 2 is 1.95 bits per heavy atom. The minimum atomic E-state index is -0.0349. The molecule has 3 nitrogen and oxygen atoms in total. The van der Waals surface area contributed by atoms with Crippen LogP contribution in [0.1, 0.15) is 30.8 Å². The van der Waals surface area contributed by atoms with E-state index in [2.05, 4.69) is 48.6 Å². The summed E-state index contributed by atoms with van der Waals surface area (Å²) in [5, 5.41) is 3.46. The van der Waals surface area contributed by atoms with Crippen molar-refractivity contribution in [1.82, 2.24) is 10.2 Å². The number of hydrogen-bond acceptors (Lipinski definition) is 3. The molecule has 1 aliphatic heterocycles. The van der Waals surface area contributed by atoms with Crippen LogP contribution in [0.4, 0.5) is 0 Å². The maximum atomic E-state index is 12.2. The SMILES string of the molecule is CCCC1NC(c2ccc(-c3ccccc3)s2)N(C)C1=O. The molecule has 1 aromatic heterocycles. The quantitative estimate of drug-likeness (QED) is 0.935. The van der Waals surface area contributed by atoms with Gasteiger partial charge in [0.1, 0.15) is 6.17 Å². The molecule has 2 unspecified atom stereocenters. The molecule has 1 amide bonds.